The van der Waals surface area contributed by atoms with Gasteiger partial charge in [-0.2, -0.15) is 0 Å². The van der Waals surface area contributed by atoms with Crippen LogP contribution in [0.25, 0.3) is 0 Å². The van der Waals surface area contributed by atoms with Gasteiger partial charge in [-0.3, -0.25) is 0 Å². The number of thiazole rings is 1. The largest absolute Gasteiger partial charge is 0.325 e. The summed E-state index contributed by atoms with van der Waals surface area (Å²) in [6, 6.07) is 5.55. The lowest BCUT2D eigenvalue weighted by molar-refractivity contribution is 0.597. The van der Waals surface area contributed by atoms with Gasteiger partial charge in [-0.15, -0.1) is 11.3 Å². The molecule has 0 radical (unpaired) electrons. The molecule has 6 heteroatoms. The molecule has 0 atom stereocenters. The van der Waals surface area contributed by atoms with Crippen LogP contribution in [0.5, 0.6) is 0 Å². The molecule has 0 aliphatic rings. The number of nitrogens with zero attached hydrogens (tertiary/aromatic N) is 1. The van der Waals surface area contributed by atoms with Gasteiger partial charge in [0, 0.05) is 6.54 Å². The Bertz CT molecular complexity index is 683. The molecule has 4 nitrogen and oxygen atoms in total. The standard InChI is InChI=1S/C14H18N2O2S2/c1-3-10-5-11(4-2)7-12(6-10)20(17,18)14-9-16-13(8-15)19-14/h5-7,9H,3-4,8,15H2,1-2H3. The van der Waals surface area contributed by atoms with Crippen molar-refractivity contribution in [1.82, 2.24) is 4.98 Å². The lowest BCUT2D eigenvalue weighted by Gasteiger charge is -2.07. The molecule has 0 bridgehead atoms. The highest BCUT2D eigenvalue weighted by molar-refractivity contribution is 7.93. The fourth-order valence-corrected chi connectivity index (χ4v) is 4.50. The zero-order valence-electron chi connectivity index (χ0n) is 11.6. The summed E-state index contributed by atoms with van der Waals surface area (Å²) in [6.45, 7) is 4.30. The van der Waals surface area contributed by atoms with E-state index in [-0.39, 0.29) is 10.8 Å². The second-order valence-electron chi connectivity index (χ2n) is 4.47. The minimum atomic E-state index is -3.49. The summed E-state index contributed by atoms with van der Waals surface area (Å²) in [5.74, 6) is 0. The van der Waals surface area contributed by atoms with Crippen molar-refractivity contribution in [2.75, 3.05) is 0 Å². The molecule has 108 valence electrons. The Morgan fingerprint density at radius 1 is 1.15 bits per heavy atom. The number of rotatable bonds is 5. The number of hydrogen-bond acceptors (Lipinski definition) is 5. The summed E-state index contributed by atoms with van der Waals surface area (Å²) in [6.07, 6.45) is 3.02. The summed E-state index contributed by atoms with van der Waals surface area (Å²) in [4.78, 5) is 4.37. The maximum Gasteiger partial charge on any atom is 0.217 e. The van der Waals surface area contributed by atoms with E-state index in [1.807, 2.05) is 13.8 Å². The van der Waals surface area contributed by atoms with Gasteiger partial charge in [0.2, 0.25) is 9.84 Å². The van der Waals surface area contributed by atoms with Gasteiger partial charge < -0.3 is 5.73 Å². The van der Waals surface area contributed by atoms with E-state index in [4.69, 9.17) is 5.73 Å². The molecule has 0 amide bonds. The van der Waals surface area contributed by atoms with E-state index < -0.39 is 9.84 Å². The summed E-state index contributed by atoms with van der Waals surface area (Å²) in [5, 5.41) is 0.630. The van der Waals surface area contributed by atoms with E-state index >= 15 is 0 Å². The van der Waals surface area contributed by atoms with Crippen LogP contribution in [0.2, 0.25) is 0 Å². The topological polar surface area (TPSA) is 73.0 Å². The van der Waals surface area contributed by atoms with E-state index in [1.54, 1.807) is 12.1 Å². The first-order valence-corrected chi connectivity index (χ1v) is 8.84. The fourth-order valence-electron chi connectivity index (χ4n) is 1.92. The molecule has 1 aromatic heterocycles. The average molecular weight is 310 g/mol. The molecule has 1 heterocycles. The maximum absolute atomic E-state index is 12.6. The molecule has 0 saturated heterocycles. The van der Waals surface area contributed by atoms with E-state index in [0.29, 0.717) is 9.90 Å². The summed E-state index contributed by atoms with van der Waals surface area (Å²) in [7, 11) is -3.49. The smallest absolute Gasteiger partial charge is 0.217 e. The van der Waals surface area contributed by atoms with Crippen LogP contribution in [0.3, 0.4) is 0 Å². The minimum Gasteiger partial charge on any atom is -0.325 e. The molecular formula is C14H18N2O2S2. The maximum atomic E-state index is 12.6. The normalized spacial score (nSPS) is 11.8. The van der Waals surface area contributed by atoms with Gasteiger partial charge in [-0.25, -0.2) is 13.4 Å². The van der Waals surface area contributed by atoms with Gasteiger partial charge in [0.25, 0.3) is 0 Å². The van der Waals surface area contributed by atoms with Crippen molar-refractivity contribution in [3.63, 3.8) is 0 Å². The third kappa shape index (κ3) is 2.92. The second-order valence-corrected chi connectivity index (χ2v) is 7.76. The van der Waals surface area contributed by atoms with E-state index in [2.05, 4.69) is 11.1 Å². The summed E-state index contributed by atoms with van der Waals surface area (Å²) >= 11 is 1.14. The third-order valence-corrected chi connectivity index (χ3v) is 6.34. The molecule has 20 heavy (non-hydrogen) atoms. The highest BCUT2D eigenvalue weighted by Gasteiger charge is 2.21. The Labute approximate surface area is 123 Å². The first-order chi connectivity index (χ1) is 9.51. The Morgan fingerprint density at radius 2 is 1.75 bits per heavy atom. The van der Waals surface area contributed by atoms with Gasteiger partial charge in [0.1, 0.15) is 9.22 Å². The van der Waals surface area contributed by atoms with Crippen molar-refractivity contribution >= 4 is 21.2 Å². The number of aryl methyl sites for hydroxylation is 2. The zero-order chi connectivity index (χ0) is 14.8. The molecule has 2 rings (SSSR count). The van der Waals surface area contributed by atoms with Crippen molar-refractivity contribution < 1.29 is 8.42 Å². The highest BCUT2D eigenvalue weighted by Crippen LogP contribution is 2.27. The van der Waals surface area contributed by atoms with Gasteiger partial charge in [-0.1, -0.05) is 19.9 Å². The Balaban J connectivity index is 2.53. The summed E-state index contributed by atoms with van der Waals surface area (Å²) < 4.78 is 25.5. The number of sulfone groups is 1. The molecule has 0 fully saturated rings. The number of benzene rings is 1. The molecule has 1 aromatic carbocycles. The van der Waals surface area contributed by atoms with Crippen LogP contribution in [0.15, 0.2) is 33.5 Å². The predicted molar refractivity (Wildman–Crippen MR) is 80.7 cm³/mol. The van der Waals surface area contributed by atoms with Crippen LogP contribution in [-0.2, 0) is 29.2 Å². The van der Waals surface area contributed by atoms with Crippen molar-refractivity contribution in [1.29, 1.82) is 0 Å². The average Bonchev–Trinajstić information content (AvgIpc) is 2.96. The van der Waals surface area contributed by atoms with E-state index in [9.17, 15) is 8.42 Å². The van der Waals surface area contributed by atoms with E-state index in [1.165, 1.54) is 6.20 Å². The predicted octanol–water partition coefficient (Wildman–Crippen LogP) is 2.56. The summed E-state index contributed by atoms with van der Waals surface area (Å²) in [5.41, 5.74) is 7.56. The van der Waals surface area contributed by atoms with Crippen molar-refractivity contribution in [3.05, 3.63) is 40.5 Å². The van der Waals surface area contributed by atoms with Crippen LogP contribution < -0.4 is 5.73 Å². The Hall–Kier alpha value is -1.24. The molecule has 0 unspecified atom stereocenters. The first-order valence-electron chi connectivity index (χ1n) is 6.54. The number of nitrogens with two attached hydrogens (primary N) is 1. The van der Waals surface area contributed by atoms with Crippen LogP contribution in [0.4, 0.5) is 0 Å². The SMILES string of the molecule is CCc1cc(CC)cc(S(=O)(=O)c2cnc(CN)s2)c1. The van der Waals surface area contributed by atoms with Gasteiger partial charge in [-0.05, 0) is 36.1 Å². The molecular weight excluding hydrogens is 292 g/mol. The molecule has 0 saturated carbocycles. The molecule has 0 aliphatic heterocycles. The quantitative estimate of drug-likeness (QED) is 0.921. The van der Waals surface area contributed by atoms with E-state index in [0.717, 1.165) is 35.3 Å². The fraction of sp³-hybridized carbons (Fsp3) is 0.357. The lowest BCUT2D eigenvalue weighted by Crippen LogP contribution is -2.02. The number of aromatic nitrogens is 1. The Kier molecular flexibility index (Phi) is 4.57. The van der Waals surface area contributed by atoms with Crippen LogP contribution in [-0.4, -0.2) is 13.4 Å². The number of hydrogen-bond donors (Lipinski definition) is 1. The van der Waals surface area contributed by atoms with Crippen molar-refractivity contribution in [2.24, 2.45) is 5.73 Å². The van der Waals surface area contributed by atoms with Crippen LogP contribution in [0.1, 0.15) is 30.0 Å². The monoisotopic (exact) mass is 310 g/mol. The van der Waals surface area contributed by atoms with Gasteiger partial charge >= 0.3 is 0 Å². The van der Waals surface area contributed by atoms with Crippen molar-refractivity contribution in [2.45, 2.75) is 42.3 Å². The highest BCUT2D eigenvalue weighted by atomic mass is 32.2. The second kappa shape index (κ2) is 6.03. The lowest BCUT2D eigenvalue weighted by atomic mass is 10.1. The Morgan fingerprint density at radius 3 is 2.20 bits per heavy atom. The molecule has 2 N–H and O–H groups in total. The minimum absolute atomic E-state index is 0.258. The van der Waals surface area contributed by atoms with Crippen LogP contribution >= 0.6 is 11.3 Å². The zero-order valence-corrected chi connectivity index (χ0v) is 13.2. The molecule has 2 aromatic rings. The van der Waals surface area contributed by atoms with Gasteiger partial charge in [0.05, 0.1) is 11.1 Å². The third-order valence-electron chi connectivity index (χ3n) is 3.12. The van der Waals surface area contributed by atoms with Gasteiger partial charge in [0.15, 0.2) is 0 Å². The molecule has 0 aliphatic carbocycles. The van der Waals surface area contributed by atoms with Crippen LogP contribution in [0, 0.1) is 0 Å². The molecule has 0 spiro atoms. The first kappa shape index (κ1) is 15.2. The van der Waals surface area contributed by atoms with Crippen molar-refractivity contribution in [3.8, 4) is 0 Å².